The summed E-state index contributed by atoms with van der Waals surface area (Å²) >= 11 is 0. The standard InChI is InChI=1S/C16H18N2O3/c1-12(21-15-6-4-3-5-14(15)20-2)16(19)18-11-13-7-9-17-10-8-13/h3-10,12H,11H2,1-2H3,(H,18,19)/t12-/m0/s1. The summed E-state index contributed by atoms with van der Waals surface area (Å²) in [5.74, 6) is 0.968. The van der Waals surface area contributed by atoms with Crippen LogP contribution in [-0.2, 0) is 11.3 Å². The Labute approximate surface area is 123 Å². The minimum absolute atomic E-state index is 0.183. The van der Waals surface area contributed by atoms with Gasteiger partial charge in [-0.25, -0.2) is 0 Å². The molecule has 0 aliphatic heterocycles. The third-order valence-corrected chi connectivity index (χ3v) is 2.96. The van der Waals surface area contributed by atoms with E-state index in [0.717, 1.165) is 5.56 Å². The minimum Gasteiger partial charge on any atom is -0.493 e. The molecule has 0 aliphatic rings. The SMILES string of the molecule is COc1ccccc1O[C@@H](C)C(=O)NCc1ccncc1. The van der Waals surface area contributed by atoms with Crippen LogP contribution >= 0.6 is 0 Å². The highest BCUT2D eigenvalue weighted by atomic mass is 16.5. The van der Waals surface area contributed by atoms with Crippen LogP contribution < -0.4 is 14.8 Å². The van der Waals surface area contributed by atoms with E-state index in [1.54, 1.807) is 38.6 Å². The maximum atomic E-state index is 12.0. The van der Waals surface area contributed by atoms with E-state index in [1.807, 2.05) is 24.3 Å². The molecule has 21 heavy (non-hydrogen) atoms. The normalized spacial score (nSPS) is 11.5. The number of para-hydroxylation sites is 2. The lowest BCUT2D eigenvalue weighted by molar-refractivity contribution is -0.127. The van der Waals surface area contributed by atoms with Crippen LogP contribution in [-0.4, -0.2) is 24.1 Å². The molecule has 110 valence electrons. The minimum atomic E-state index is -0.608. The van der Waals surface area contributed by atoms with Crippen molar-refractivity contribution in [3.8, 4) is 11.5 Å². The van der Waals surface area contributed by atoms with Gasteiger partial charge in [0, 0.05) is 18.9 Å². The van der Waals surface area contributed by atoms with Crippen molar-refractivity contribution in [3.63, 3.8) is 0 Å². The lowest BCUT2D eigenvalue weighted by Gasteiger charge is -2.16. The smallest absolute Gasteiger partial charge is 0.261 e. The molecule has 1 atom stereocenters. The molecule has 2 aromatic rings. The number of hydrogen-bond donors (Lipinski definition) is 1. The summed E-state index contributed by atoms with van der Waals surface area (Å²) in [6.45, 7) is 2.15. The Balaban J connectivity index is 1.90. The predicted molar refractivity (Wildman–Crippen MR) is 79.2 cm³/mol. The zero-order valence-electron chi connectivity index (χ0n) is 12.1. The van der Waals surface area contributed by atoms with E-state index in [0.29, 0.717) is 18.0 Å². The summed E-state index contributed by atoms with van der Waals surface area (Å²) in [4.78, 5) is 16.0. The van der Waals surface area contributed by atoms with Crippen molar-refractivity contribution in [2.75, 3.05) is 7.11 Å². The summed E-state index contributed by atoms with van der Waals surface area (Å²) in [6, 6.07) is 10.9. The number of aromatic nitrogens is 1. The molecule has 0 spiro atoms. The predicted octanol–water partition coefficient (Wildman–Crippen LogP) is 2.17. The number of methoxy groups -OCH3 is 1. The molecule has 0 radical (unpaired) electrons. The van der Waals surface area contributed by atoms with Crippen molar-refractivity contribution in [2.45, 2.75) is 19.6 Å². The van der Waals surface area contributed by atoms with Gasteiger partial charge in [0.05, 0.1) is 7.11 Å². The number of carbonyl (C=O) groups excluding carboxylic acids is 1. The fraction of sp³-hybridized carbons (Fsp3) is 0.250. The van der Waals surface area contributed by atoms with Crippen LogP contribution in [0.3, 0.4) is 0 Å². The van der Waals surface area contributed by atoms with E-state index in [1.165, 1.54) is 0 Å². The Morgan fingerprint density at radius 3 is 2.52 bits per heavy atom. The zero-order chi connectivity index (χ0) is 15.1. The van der Waals surface area contributed by atoms with Crippen LogP contribution in [0.25, 0.3) is 0 Å². The van der Waals surface area contributed by atoms with Crippen molar-refractivity contribution < 1.29 is 14.3 Å². The van der Waals surface area contributed by atoms with Gasteiger partial charge >= 0.3 is 0 Å². The molecule has 1 aromatic heterocycles. The quantitative estimate of drug-likeness (QED) is 0.884. The number of rotatable bonds is 6. The first-order valence-corrected chi connectivity index (χ1v) is 6.67. The van der Waals surface area contributed by atoms with Gasteiger partial charge in [-0.05, 0) is 36.8 Å². The molecule has 0 saturated carbocycles. The molecule has 5 heteroatoms. The lowest BCUT2D eigenvalue weighted by atomic mass is 10.2. The summed E-state index contributed by atoms with van der Waals surface area (Å²) in [6.07, 6.45) is 2.77. The van der Waals surface area contributed by atoms with E-state index in [9.17, 15) is 4.79 Å². The topological polar surface area (TPSA) is 60.5 Å². The molecule has 0 bridgehead atoms. The van der Waals surface area contributed by atoms with Crippen LogP contribution in [0.5, 0.6) is 11.5 Å². The Hall–Kier alpha value is -2.56. The number of hydrogen-bond acceptors (Lipinski definition) is 4. The number of nitrogens with zero attached hydrogens (tertiary/aromatic N) is 1. The van der Waals surface area contributed by atoms with Crippen molar-refractivity contribution >= 4 is 5.91 Å². The molecule has 1 N–H and O–H groups in total. The largest absolute Gasteiger partial charge is 0.493 e. The molecule has 0 aliphatic carbocycles. The van der Waals surface area contributed by atoms with Crippen molar-refractivity contribution in [1.82, 2.24) is 10.3 Å². The molecule has 0 fully saturated rings. The maximum absolute atomic E-state index is 12.0. The zero-order valence-corrected chi connectivity index (χ0v) is 12.1. The van der Waals surface area contributed by atoms with Gasteiger partial charge in [-0.1, -0.05) is 12.1 Å². The van der Waals surface area contributed by atoms with Gasteiger partial charge < -0.3 is 14.8 Å². The second kappa shape index (κ2) is 7.28. The Morgan fingerprint density at radius 1 is 1.19 bits per heavy atom. The first-order valence-electron chi connectivity index (χ1n) is 6.67. The number of ether oxygens (including phenoxy) is 2. The van der Waals surface area contributed by atoms with Gasteiger partial charge in [-0.15, -0.1) is 0 Å². The van der Waals surface area contributed by atoms with Crippen LogP contribution in [0.4, 0.5) is 0 Å². The van der Waals surface area contributed by atoms with Crippen molar-refractivity contribution in [1.29, 1.82) is 0 Å². The highest BCUT2D eigenvalue weighted by Crippen LogP contribution is 2.26. The number of nitrogens with one attached hydrogen (secondary N) is 1. The molecule has 1 amide bonds. The maximum Gasteiger partial charge on any atom is 0.261 e. The van der Waals surface area contributed by atoms with Gasteiger partial charge in [-0.2, -0.15) is 0 Å². The van der Waals surface area contributed by atoms with Gasteiger partial charge in [0.2, 0.25) is 0 Å². The van der Waals surface area contributed by atoms with E-state index < -0.39 is 6.10 Å². The van der Waals surface area contributed by atoms with Gasteiger partial charge in [-0.3, -0.25) is 9.78 Å². The summed E-state index contributed by atoms with van der Waals surface area (Å²) in [7, 11) is 1.57. The van der Waals surface area contributed by atoms with Crippen LogP contribution in [0.2, 0.25) is 0 Å². The first-order chi connectivity index (χ1) is 10.2. The highest BCUT2D eigenvalue weighted by Gasteiger charge is 2.16. The van der Waals surface area contributed by atoms with Crippen molar-refractivity contribution in [3.05, 3.63) is 54.4 Å². The van der Waals surface area contributed by atoms with Crippen LogP contribution in [0.15, 0.2) is 48.8 Å². The van der Waals surface area contributed by atoms with Crippen LogP contribution in [0, 0.1) is 0 Å². The molecular weight excluding hydrogens is 268 g/mol. The summed E-state index contributed by atoms with van der Waals surface area (Å²) in [5.41, 5.74) is 0.989. The number of carbonyl (C=O) groups is 1. The van der Waals surface area contributed by atoms with E-state index in [-0.39, 0.29) is 5.91 Å². The Morgan fingerprint density at radius 2 is 1.86 bits per heavy atom. The third kappa shape index (κ3) is 4.21. The Bertz CT molecular complexity index is 587. The fourth-order valence-electron chi connectivity index (χ4n) is 1.79. The summed E-state index contributed by atoms with van der Waals surface area (Å²) in [5, 5.41) is 2.82. The number of pyridine rings is 1. The average molecular weight is 286 g/mol. The van der Waals surface area contributed by atoms with Gasteiger partial charge in [0.25, 0.3) is 5.91 Å². The number of benzene rings is 1. The molecule has 5 nitrogen and oxygen atoms in total. The summed E-state index contributed by atoms with van der Waals surface area (Å²) < 4.78 is 10.8. The van der Waals surface area contributed by atoms with E-state index >= 15 is 0 Å². The number of amides is 1. The average Bonchev–Trinajstić information content (AvgIpc) is 2.54. The lowest BCUT2D eigenvalue weighted by Crippen LogP contribution is -2.35. The van der Waals surface area contributed by atoms with Gasteiger partial charge in [0.15, 0.2) is 17.6 Å². The van der Waals surface area contributed by atoms with E-state index in [4.69, 9.17) is 9.47 Å². The molecule has 1 heterocycles. The highest BCUT2D eigenvalue weighted by molar-refractivity contribution is 5.80. The van der Waals surface area contributed by atoms with Gasteiger partial charge in [0.1, 0.15) is 0 Å². The molecule has 0 unspecified atom stereocenters. The molecular formula is C16H18N2O3. The fourth-order valence-corrected chi connectivity index (χ4v) is 1.79. The molecule has 0 saturated heterocycles. The van der Waals surface area contributed by atoms with Crippen LogP contribution in [0.1, 0.15) is 12.5 Å². The first kappa shape index (κ1) is 14.8. The Kier molecular flexibility index (Phi) is 5.15. The van der Waals surface area contributed by atoms with Crippen molar-refractivity contribution in [2.24, 2.45) is 0 Å². The van der Waals surface area contributed by atoms with E-state index in [2.05, 4.69) is 10.3 Å². The molecule has 1 aromatic carbocycles. The third-order valence-electron chi connectivity index (χ3n) is 2.96. The second-order valence-electron chi connectivity index (χ2n) is 4.48. The molecule has 2 rings (SSSR count). The monoisotopic (exact) mass is 286 g/mol. The second-order valence-corrected chi connectivity index (χ2v) is 4.48.